The van der Waals surface area contributed by atoms with E-state index in [1.165, 1.54) is 12.1 Å². The summed E-state index contributed by atoms with van der Waals surface area (Å²) in [5.74, 6) is -2.58. The third kappa shape index (κ3) is 2.12. The summed E-state index contributed by atoms with van der Waals surface area (Å²) in [6.45, 7) is -0.673. The maximum Gasteiger partial charge on any atom is 0.264 e. The highest BCUT2D eigenvalue weighted by Gasteiger charge is 2.30. The number of anilines is 1. The predicted molar refractivity (Wildman–Crippen MR) is 78.1 cm³/mol. The van der Waals surface area contributed by atoms with E-state index < -0.39 is 55.1 Å². The lowest BCUT2D eigenvalue weighted by Gasteiger charge is -2.24. The minimum atomic E-state index is -3.04. The maximum absolute atomic E-state index is 13.1. The zero-order valence-corrected chi connectivity index (χ0v) is 10.8. The van der Waals surface area contributed by atoms with Crippen molar-refractivity contribution in [3.8, 4) is 0 Å². The lowest BCUT2D eigenvalue weighted by atomic mass is 9.92. The van der Waals surface area contributed by atoms with Crippen LogP contribution in [0.15, 0.2) is 23.0 Å². The number of carbonyl (C=O) groups is 2. The van der Waals surface area contributed by atoms with Crippen LogP contribution in [0.1, 0.15) is 39.3 Å². The van der Waals surface area contributed by atoms with E-state index in [-0.39, 0.29) is 22.6 Å². The van der Waals surface area contributed by atoms with Crippen LogP contribution in [0.4, 0.5) is 5.69 Å². The monoisotopic (exact) mass is 291 g/mol. The number of Topliss-reactive ketones (excluding diaryl/α,β-unsaturated/α-hetero) is 2. The van der Waals surface area contributed by atoms with Crippen LogP contribution >= 0.6 is 0 Å². The first-order chi connectivity index (χ1) is 12.5. The number of fused-ring (bicyclic) bond motifs is 1. The number of nitrogens with zero attached hydrogens (tertiary/aromatic N) is 2. The Balaban J connectivity index is 2.46. The molecule has 1 fully saturated rings. The van der Waals surface area contributed by atoms with E-state index >= 15 is 0 Å². The summed E-state index contributed by atoms with van der Waals surface area (Å²) in [5.41, 5.74) is 4.59. The Morgan fingerprint density at radius 1 is 1.52 bits per heavy atom. The number of nitrogens with two attached hydrogens (primary N) is 1. The molecule has 2 N–H and O–H groups in total. The van der Waals surface area contributed by atoms with Crippen LogP contribution in [0.3, 0.4) is 0 Å². The van der Waals surface area contributed by atoms with Crippen molar-refractivity contribution in [2.24, 2.45) is 0 Å². The summed E-state index contributed by atoms with van der Waals surface area (Å²) < 4.78 is 48.2. The number of aryl methyl sites for hydroxylation is 1. The number of nitrogen functional groups attached to an aromatic ring is 1. The predicted octanol–water partition coefficient (Wildman–Crippen LogP) is 1.15. The van der Waals surface area contributed by atoms with Crippen LogP contribution in [0.2, 0.25) is 0 Å². The molecule has 1 heterocycles. The molecule has 6 nitrogen and oxygen atoms in total. The van der Waals surface area contributed by atoms with Crippen LogP contribution in [0, 0.1) is 6.90 Å². The van der Waals surface area contributed by atoms with Gasteiger partial charge in [-0.1, -0.05) is 6.04 Å². The average Bonchev–Trinajstić information content (AvgIpc) is 2.57. The molecule has 2 atom stereocenters. The lowest BCUT2D eigenvalue weighted by Crippen LogP contribution is -2.36. The highest BCUT2D eigenvalue weighted by Crippen LogP contribution is 2.24. The van der Waals surface area contributed by atoms with E-state index in [4.69, 9.17) is 14.0 Å². The fourth-order valence-electron chi connectivity index (χ4n) is 2.18. The molecule has 0 saturated heterocycles. The largest absolute Gasteiger partial charge is 0.398 e. The first-order valence-electron chi connectivity index (χ1n) is 9.35. The summed E-state index contributed by atoms with van der Waals surface area (Å²) in [7, 11) is 0. The summed E-state index contributed by atoms with van der Waals surface area (Å²) in [6, 6.07) is -0.599. The third-order valence-corrected chi connectivity index (χ3v) is 3.12. The molecule has 1 saturated carbocycles. The van der Waals surface area contributed by atoms with Crippen molar-refractivity contribution in [2.45, 2.75) is 32.1 Å². The van der Waals surface area contributed by atoms with Gasteiger partial charge in [-0.25, -0.2) is 4.98 Å². The number of ketones is 2. The molecular formula is C15H15N3O3. The molecule has 0 bridgehead atoms. The van der Waals surface area contributed by atoms with Crippen LogP contribution in [0.5, 0.6) is 0 Å². The van der Waals surface area contributed by atoms with Crippen molar-refractivity contribution in [1.82, 2.24) is 9.55 Å². The van der Waals surface area contributed by atoms with E-state index in [0.717, 1.165) is 0 Å². The number of aromatic nitrogens is 2. The zero-order valence-electron chi connectivity index (χ0n) is 16.8. The Morgan fingerprint density at radius 2 is 2.33 bits per heavy atom. The zero-order chi connectivity index (χ0) is 20.3. The van der Waals surface area contributed by atoms with E-state index in [1.54, 1.807) is 0 Å². The minimum absolute atomic E-state index is 0.0191. The normalized spacial score (nSPS) is 32.7. The van der Waals surface area contributed by atoms with Gasteiger partial charge in [-0.15, -0.1) is 0 Å². The molecule has 1 aliphatic carbocycles. The summed E-state index contributed by atoms with van der Waals surface area (Å²) in [4.78, 5) is 41.4. The molecule has 0 amide bonds. The van der Waals surface area contributed by atoms with Crippen molar-refractivity contribution < 1.29 is 17.8 Å². The minimum Gasteiger partial charge on any atom is -0.398 e. The number of rotatable bonds is 1. The Labute approximate surface area is 129 Å². The molecular weight excluding hydrogens is 270 g/mol. The molecule has 6 heteroatoms. The Hall–Kier alpha value is -2.50. The second kappa shape index (κ2) is 4.80. The van der Waals surface area contributed by atoms with Gasteiger partial charge >= 0.3 is 0 Å². The van der Waals surface area contributed by atoms with E-state index in [0.29, 0.717) is 4.57 Å². The van der Waals surface area contributed by atoms with Gasteiger partial charge in [0.15, 0.2) is 5.78 Å². The second-order valence-electron chi connectivity index (χ2n) is 4.54. The summed E-state index contributed by atoms with van der Waals surface area (Å²) in [5, 5.41) is -0.225. The molecule has 1 aliphatic rings. The van der Waals surface area contributed by atoms with Crippen molar-refractivity contribution in [3.63, 3.8) is 0 Å². The van der Waals surface area contributed by atoms with Crippen molar-refractivity contribution in [2.75, 3.05) is 5.73 Å². The highest BCUT2D eigenvalue weighted by atomic mass is 16.2. The lowest BCUT2D eigenvalue weighted by molar-refractivity contribution is -0.132. The molecule has 1 aromatic carbocycles. The average molecular weight is 291 g/mol. The van der Waals surface area contributed by atoms with E-state index in [1.807, 2.05) is 0 Å². The van der Waals surface area contributed by atoms with Crippen LogP contribution in [-0.4, -0.2) is 21.1 Å². The van der Waals surface area contributed by atoms with Gasteiger partial charge in [0.1, 0.15) is 11.6 Å². The van der Waals surface area contributed by atoms with Gasteiger partial charge in [-0.3, -0.25) is 19.0 Å². The topological polar surface area (TPSA) is 95.0 Å². The number of benzene rings is 1. The molecule has 0 spiro atoms. The Bertz CT molecular complexity index is 1050. The highest BCUT2D eigenvalue weighted by molar-refractivity contribution is 6.03. The summed E-state index contributed by atoms with van der Waals surface area (Å²) >= 11 is 0. The Morgan fingerprint density at radius 3 is 3.10 bits per heavy atom. The second-order valence-corrected chi connectivity index (χ2v) is 4.54. The van der Waals surface area contributed by atoms with Crippen molar-refractivity contribution in [1.29, 1.82) is 0 Å². The van der Waals surface area contributed by atoms with Gasteiger partial charge in [-0.05, 0) is 25.4 Å². The maximum atomic E-state index is 13.1. The fraction of sp³-hybridized carbons (Fsp3) is 0.333. The quantitative estimate of drug-likeness (QED) is 0.628. The summed E-state index contributed by atoms with van der Waals surface area (Å²) in [6.07, 6.45) is -5.96. The molecule has 1 aromatic heterocycles. The molecule has 21 heavy (non-hydrogen) atoms. The molecule has 2 unspecified atom stereocenters. The third-order valence-electron chi connectivity index (χ3n) is 3.12. The van der Waals surface area contributed by atoms with Gasteiger partial charge in [-0.2, -0.15) is 0 Å². The van der Waals surface area contributed by atoms with Gasteiger partial charge in [0.2, 0.25) is 0 Å². The Kier molecular flexibility index (Phi) is 1.84. The van der Waals surface area contributed by atoms with Crippen molar-refractivity contribution in [3.05, 3.63) is 34.4 Å². The number of hydrogen-bond acceptors (Lipinski definition) is 5. The fourth-order valence-corrected chi connectivity index (χ4v) is 2.18. The number of hydrogen-bond donors (Lipinski definition) is 1. The first-order valence-corrected chi connectivity index (χ1v) is 6.06. The van der Waals surface area contributed by atoms with E-state index in [2.05, 4.69) is 4.98 Å². The standard InChI is InChI=1S/C15H15N3O3/c1-8-17-11-4-2-3-10(16)14(11)15(21)18(8)12-6-5-9(19)7-13(12)20/h2-4,12H,5-7,16H2,1H3/i1D,2D,5D,6D2,12D. The molecule has 0 aliphatic heterocycles. The molecule has 0 radical (unpaired) electrons. The number of carbonyl (C=O) groups excluding carboxylic acids is 2. The first kappa shape index (κ1) is 8.07. The molecule has 3 rings (SSSR count). The van der Waals surface area contributed by atoms with E-state index in [9.17, 15) is 14.4 Å². The van der Waals surface area contributed by atoms with Crippen molar-refractivity contribution >= 4 is 28.2 Å². The van der Waals surface area contributed by atoms with Gasteiger partial charge in [0, 0.05) is 17.6 Å². The van der Waals surface area contributed by atoms with Crippen LogP contribution in [-0.2, 0) is 9.59 Å². The van der Waals surface area contributed by atoms with Crippen LogP contribution < -0.4 is 11.3 Å². The molecule has 108 valence electrons. The van der Waals surface area contributed by atoms with Gasteiger partial charge < -0.3 is 5.73 Å². The van der Waals surface area contributed by atoms with Crippen LogP contribution in [0.25, 0.3) is 10.9 Å². The smallest absolute Gasteiger partial charge is 0.264 e. The van der Waals surface area contributed by atoms with Gasteiger partial charge in [0.25, 0.3) is 5.56 Å². The molecule has 2 aromatic rings. The SMILES string of the molecule is [2H]Cc1nc2cc([2H])cc(N)c2c(=O)n1C1([2H])C(=O)CC(=O)C([2H])C1([2H])[2H]. The van der Waals surface area contributed by atoms with Gasteiger partial charge in [0.05, 0.1) is 26.1 Å².